The second-order valence-corrected chi connectivity index (χ2v) is 9.34. The van der Waals surface area contributed by atoms with Crippen LogP contribution in [-0.4, -0.2) is 31.0 Å². The highest BCUT2D eigenvalue weighted by Gasteiger charge is 2.16. The first-order valence-electron chi connectivity index (χ1n) is 11.6. The van der Waals surface area contributed by atoms with Crippen molar-refractivity contribution in [3.05, 3.63) is 84.9 Å². The van der Waals surface area contributed by atoms with Crippen molar-refractivity contribution < 1.29 is 4.79 Å². The number of carbonyl (C=O) groups excluding carboxylic acids is 1. The van der Waals surface area contributed by atoms with Gasteiger partial charge in [-0.2, -0.15) is 0 Å². The molecule has 3 aromatic carbocycles. The fourth-order valence-corrected chi connectivity index (χ4v) is 5.15. The van der Waals surface area contributed by atoms with Crippen LogP contribution in [0.2, 0.25) is 0 Å². The molecule has 2 aromatic heterocycles. The first kappa shape index (κ1) is 22.9. The summed E-state index contributed by atoms with van der Waals surface area (Å²) in [5.74, 6) is 0.918. The number of hydrogen-bond acceptors (Lipinski definition) is 4. The SMILES string of the molecule is C=CCn1c(SCC(=O)Nc2ccc3c(c2)c2ccccc2n3CC)nnc1-c1ccc(C)cc1. The van der Waals surface area contributed by atoms with E-state index in [9.17, 15) is 4.79 Å². The number of thioether (sulfide) groups is 1. The Morgan fingerprint density at radius 2 is 1.77 bits per heavy atom. The van der Waals surface area contributed by atoms with Crippen LogP contribution in [0.4, 0.5) is 5.69 Å². The third-order valence-electron chi connectivity index (χ3n) is 6.04. The monoisotopic (exact) mass is 481 g/mol. The lowest BCUT2D eigenvalue weighted by Crippen LogP contribution is -2.14. The molecule has 2 heterocycles. The third-order valence-corrected chi connectivity index (χ3v) is 7.01. The number of para-hydroxylation sites is 1. The van der Waals surface area contributed by atoms with Gasteiger partial charge in [-0.1, -0.05) is 65.9 Å². The first-order chi connectivity index (χ1) is 17.1. The van der Waals surface area contributed by atoms with Crippen molar-refractivity contribution in [1.82, 2.24) is 19.3 Å². The van der Waals surface area contributed by atoms with Gasteiger partial charge in [-0.05, 0) is 38.1 Å². The van der Waals surface area contributed by atoms with E-state index in [0.717, 1.165) is 29.0 Å². The Morgan fingerprint density at radius 1 is 1.00 bits per heavy atom. The molecular weight excluding hydrogens is 454 g/mol. The van der Waals surface area contributed by atoms with Gasteiger partial charge in [0.25, 0.3) is 0 Å². The van der Waals surface area contributed by atoms with Crippen LogP contribution < -0.4 is 5.32 Å². The van der Waals surface area contributed by atoms with E-state index in [1.54, 1.807) is 0 Å². The van der Waals surface area contributed by atoms with Gasteiger partial charge in [-0.25, -0.2) is 0 Å². The van der Waals surface area contributed by atoms with Crippen LogP contribution in [0.5, 0.6) is 0 Å². The first-order valence-corrected chi connectivity index (χ1v) is 12.6. The van der Waals surface area contributed by atoms with E-state index in [-0.39, 0.29) is 11.7 Å². The Kier molecular flexibility index (Phi) is 6.42. The summed E-state index contributed by atoms with van der Waals surface area (Å²) in [6.45, 7) is 9.52. The molecule has 176 valence electrons. The molecule has 6 nitrogen and oxygen atoms in total. The smallest absolute Gasteiger partial charge is 0.234 e. The summed E-state index contributed by atoms with van der Waals surface area (Å²) >= 11 is 1.37. The van der Waals surface area contributed by atoms with Crippen LogP contribution in [0.25, 0.3) is 33.2 Å². The normalized spacial score (nSPS) is 11.3. The molecule has 0 aliphatic carbocycles. The molecule has 0 fully saturated rings. The molecule has 5 rings (SSSR count). The molecule has 35 heavy (non-hydrogen) atoms. The van der Waals surface area contributed by atoms with Crippen LogP contribution >= 0.6 is 11.8 Å². The largest absolute Gasteiger partial charge is 0.341 e. The fraction of sp³-hybridized carbons (Fsp3) is 0.179. The topological polar surface area (TPSA) is 64.7 Å². The number of carbonyl (C=O) groups is 1. The third kappa shape index (κ3) is 4.47. The Morgan fingerprint density at radius 3 is 2.54 bits per heavy atom. The number of fused-ring (bicyclic) bond motifs is 3. The highest BCUT2D eigenvalue weighted by molar-refractivity contribution is 7.99. The second kappa shape index (κ2) is 9.80. The van der Waals surface area contributed by atoms with Crippen LogP contribution in [-0.2, 0) is 17.9 Å². The maximum Gasteiger partial charge on any atom is 0.234 e. The molecule has 0 saturated heterocycles. The van der Waals surface area contributed by atoms with Crippen molar-refractivity contribution in [2.24, 2.45) is 0 Å². The summed E-state index contributed by atoms with van der Waals surface area (Å²) < 4.78 is 4.28. The number of aryl methyl sites for hydroxylation is 2. The van der Waals surface area contributed by atoms with Crippen molar-refractivity contribution >= 4 is 45.2 Å². The molecule has 0 bridgehead atoms. The van der Waals surface area contributed by atoms with E-state index in [1.807, 2.05) is 34.9 Å². The average Bonchev–Trinajstić information content (AvgIpc) is 3.42. The summed E-state index contributed by atoms with van der Waals surface area (Å²) in [6, 6.07) is 22.6. The summed E-state index contributed by atoms with van der Waals surface area (Å²) in [7, 11) is 0. The number of anilines is 1. The van der Waals surface area contributed by atoms with Gasteiger partial charge >= 0.3 is 0 Å². The standard InChI is InChI=1S/C28H27N5OS/c1-4-16-33-27(20-12-10-19(3)11-13-20)30-31-28(33)35-18-26(34)29-21-14-15-25-23(17-21)22-8-6-7-9-24(22)32(25)5-2/h4,6-15,17H,1,5,16,18H2,2-3H3,(H,29,34). The molecule has 0 atom stereocenters. The van der Waals surface area contributed by atoms with E-state index < -0.39 is 0 Å². The lowest BCUT2D eigenvalue weighted by atomic mass is 10.1. The van der Waals surface area contributed by atoms with E-state index >= 15 is 0 Å². The van der Waals surface area contributed by atoms with Crippen molar-refractivity contribution in [2.75, 3.05) is 11.1 Å². The summed E-state index contributed by atoms with van der Waals surface area (Å²) in [6.07, 6.45) is 1.81. The number of amides is 1. The van der Waals surface area contributed by atoms with Crippen molar-refractivity contribution in [3.8, 4) is 11.4 Å². The second-order valence-electron chi connectivity index (χ2n) is 8.40. The van der Waals surface area contributed by atoms with E-state index in [2.05, 4.69) is 83.0 Å². The summed E-state index contributed by atoms with van der Waals surface area (Å²) in [4.78, 5) is 12.8. The number of rotatable bonds is 8. The predicted molar refractivity (Wildman–Crippen MR) is 145 cm³/mol. The molecule has 7 heteroatoms. The zero-order valence-electron chi connectivity index (χ0n) is 19.9. The zero-order valence-corrected chi connectivity index (χ0v) is 20.7. The maximum atomic E-state index is 12.8. The lowest BCUT2D eigenvalue weighted by Gasteiger charge is -2.09. The van der Waals surface area contributed by atoms with Crippen molar-refractivity contribution in [3.63, 3.8) is 0 Å². The summed E-state index contributed by atoms with van der Waals surface area (Å²) in [5.41, 5.74) is 5.33. The van der Waals surface area contributed by atoms with Crippen LogP contribution in [0.15, 0.2) is 84.5 Å². The zero-order chi connectivity index (χ0) is 24.4. The molecule has 0 unspecified atom stereocenters. The molecule has 0 aliphatic heterocycles. The Hall–Kier alpha value is -3.84. The Labute approximate surface area is 208 Å². The van der Waals surface area contributed by atoms with Crippen LogP contribution in [0, 0.1) is 6.92 Å². The van der Waals surface area contributed by atoms with Crippen molar-refractivity contribution in [2.45, 2.75) is 32.1 Å². The minimum atomic E-state index is -0.0846. The number of nitrogens with one attached hydrogen (secondary N) is 1. The van der Waals surface area contributed by atoms with E-state index in [4.69, 9.17) is 0 Å². The Bertz CT molecular complexity index is 1530. The van der Waals surface area contributed by atoms with Crippen LogP contribution in [0.1, 0.15) is 12.5 Å². The van der Waals surface area contributed by atoms with Crippen LogP contribution in [0.3, 0.4) is 0 Å². The minimum absolute atomic E-state index is 0.0846. The highest BCUT2D eigenvalue weighted by atomic mass is 32.2. The van der Waals surface area contributed by atoms with Gasteiger partial charge < -0.3 is 9.88 Å². The molecule has 5 aromatic rings. The molecule has 1 amide bonds. The van der Waals surface area contributed by atoms with Crippen molar-refractivity contribution in [1.29, 1.82) is 0 Å². The van der Waals surface area contributed by atoms with E-state index in [1.165, 1.54) is 33.7 Å². The fourth-order valence-electron chi connectivity index (χ4n) is 4.40. The average molecular weight is 482 g/mol. The molecule has 1 N–H and O–H groups in total. The number of aromatic nitrogens is 4. The summed E-state index contributed by atoms with van der Waals surface area (Å²) in [5, 5.41) is 14.8. The van der Waals surface area contributed by atoms with E-state index in [0.29, 0.717) is 11.7 Å². The maximum absolute atomic E-state index is 12.8. The quantitative estimate of drug-likeness (QED) is 0.209. The predicted octanol–water partition coefficient (Wildman–Crippen LogP) is 6.30. The van der Waals surface area contributed by atoms with Gasteiger partial charge in [-0.15, -0.1) is 16.8 Å². The van der Waals surface area contributed by atoms with Gasteiger partial charge in [-0.3, -0.25) is 9.36 Å². The van der Waals surface area contributed by atoms with Gasteiger partial charge in [0.05, 0.1) is 5.75 Å². The van der Waals surface area contributed by atoms with Gasteiger partial charge in [0.15, 0.2) is 11.0 Å². The number of allylic oxidation sites excluding steroid dienone is 1. The molecule has 0 saturated carbocycles. The molecule has 0 aliphatic rings. The molecule has 0 radical (unpaired) electrons. The minimum Gasteiger partial charge on any atom is -0.341 e. The lowest BCUT2D eigenvalue weighted by molar-refractivity contribution is -0.113. The number of benzene rings is 3. The van der Waals surface area contributed by atoms with Gasteiger partial charge in [0.1, 0.15) is 0 Å². The van der Waals surface area contributed by atoms with Gasteiger partial charge in [0, 0.05) is 46.1 Å². The number of hydrogen-bond donors (Lipinski definition) is 1. The molecule has 0 spiro atoms. The number of nitrogens with zero attached hydrogens (tertiary/aromatic N) is 4. The van der Waals surface area contributed by atoms with Gasteiger partial charge in [0.2, 0.25) is 5.91 Å². The Balaban J connectivity index is 1.33. The highest BCUT2D eigenvalue weighted by Crippen LogP contribution is 2.31. The molecular formula is C28H27N5OS.